The number of fused-ring (bicyclic) bond motifs is 1. The van der Waals surface area contributed by atoms with Gasteiger partial charge in [-0.3, -0.25) is 4.79 Å². The summed E-state index contributed by atoms with van der Waals surface area (Å²) >= 11 is 11.0. The fourth-order valence-electron chi connectivity index (χ4n) is 1.95. The Morgan fingerprint density at radius 3 is 2.72 bits per heavy atom. The lowest BCUT2D eigenvalue weighted by atomic mass is 10.2. The summed E-state index contributed by atoms with van der Waals surface area (Å²) in [6, 6.07) is 3.96. The van der Waals surface area contributed by atoms with Crippen molar-refractivity contribution in [3.05, 3.63) is 42.2 Å². The van der Waals surface area contributed by atoms with Crippen molar-refractivity contribution >= 4 is 51.8 Å². The summed E-state index contributed by atoms with van der Waals surface area (Å²) in [5.41, 5.74) is 2.33. The molecule has 94 valence electrons. The van der Waals surface area contributed by atoms with Gasteiger partial charge in [-0.2, -0.15) is 11.8 Å². The van der Waals surface area contributed by atoms with Crippen molar-refractivity contribution in [3.8, 4) is 0 Å². The molecule has 0 amide bonds. The number of thiophene rings is 2. The number of rotatable bonds is 2. The molecule has 0 unspecified atom stereocenters. The molecule has 0 bridgehead atoms. The van der Waals surface area contributed by atoms with E-state index in [4.69, 9.17) is 11.6 Å². The molecule has 0 atom stereocenters. The van der Waals surface area contributed by atoms with Crippen molar-refractivity contribution in [2.24, 2.45) is 0 Å². The summed E-state index contributed by atoms with van der Waals surface area (Å²) in [5, 5.41) is 0. The summed E-state index contributed by atoms with van der Waals surface area (Å²) < 4.78 is 0.718. The molecule has 1 aliphatic heterocycles. The third-order valence-corrected chi connectivity index (χ3v) is 6.73. The minimum absolute atomic E-state index is 0.124. The molecular weight excluding hydrogens is 304 g/mol. The van der Waals surface area contributed by atoms with Gasteiger partial charge < -0.3 is 0 Å². The lowest BCUT2D eigenvalue weighted by molar-refractivity contribution is 0.104. The van der Waals surface area contributed by atoms with E-state index in [-0.39, 0.29) is 5.78 Å². The smallest absolute Gasteiger partial charge is 0.212 e. The van der Waals surface area contributed by atoms with Crippen molar-refractivity contribution in [3.63, 3.8) is 0 Å². The van der Waals surface area contributed by atoms with Crippen molar-refractivity contribution in [1.29, 1.82) is 0 Å². The van der Waals surface area contributed by atoms with Crippen LogP contribution in [0.5, 0.6) is 0 Å². The van der Waals surface area contributed by atoms with Gasteiger partial charge in [0.15, 0.2) is 0 Å². The molecule has 0 N–H and O–H groups in total. The number of hydrogen-bond donors (Lipinski definition) is 0. The van der Waals surface area contributed by atoms with Gasteiger partial charge >= 0.3 is 0 Å². The van der Waals surface area contributed by atoms with Crippen LogP contribution in [0.15, 0.2) is 12.1 Å². The number of ketones is 1. The normalized spacial score (nSPS) is 14.6. The van der Waals surface area contributed by atoms with Crippen LogP contribution >= 0.6 is 46.0 Å². The summed E-state index contributed by atoms with van der Waals surface area (Å²) in [7, 11) is 0. The maximum atomic E-state index is 12.4. The monoisotopic (exact) mass is 314 g/mol. The average molecular weight is 315 g/mol. The summed E-state index contributed by atoms with van der Waals surface area (Å²) in [6.45, 7) is 1.94. The van der Waals surface area contributed by atoms with Crippen molar-refractivity contribution in [2.75, 3.05) is 5.75 Å². The largest absolute Gasteiger partial charge is 0.287 e. The topological polar surface area (TPSA) is 17.1 Å². The Labute approximate surface area is 123 Å². The fourth-order valence-corrected chi connectivity index (χ4v) is 5.50. The van der Waals surface area contributed by atoms with E-state index >= 15 is 0 Å². The van der Waals surface area contributed by atoms with Crippen LogP contribution in [0.3, 0.4) is 0 Å². The van der Waals surface area contributed by atoms with Crippen LogP contribution in [-0.2, 0) is 12.2 Å². The van der Waals surface area contributed by atoms with Gasteiger partial charge in [0.05, 0.1) is 14.1 Å². The van der Waals surface area contributed by atoms with Crippen LogP contribution < -0.4 is 0 Å². The van der Waals surface area contributed by atoms with Crippen LogP contribution in [0.4, 0.5) is 0 Å². The summed E-state index contributed by atoms with van der Waals surface area (Å²) in [4.78, 5) is 15.4. The molecule has 0 saturated carbocycles. The molecule has 2 aromatic rings. The third-order valence-electron chi connectivity index (χ3n) is 2.93. The molecule has 2 aromatic heterocycles. The number of thioether (sulfide) groups is 1. The molecule has 0 spiro atoms. The van der Waals surface area contributed by atoms with Crippen molar-refractivity contribution < 1.29 is 4.79 Å². The predicted molar refractivity (Wildman–Crippen MR) is 81.7 cm³/mol. The molecule has 1 aliphatic rings. The molecule has 0 saturated heterocycles. The van der Waals surface area contributed by atoms with Gasteiger partial charge in [0.1, 0.15) is 0 Å². The number of carbonyl (C=O) groups excluding carboxylic acids is 1. The van der Waals surface area contributed by atoms with E-state index in [9.17, 15) is 4.79 Å². The average Bonchev–Trinajstić information content (AvgIpc) is 2.93. The maximum absolute atomic E-state index is 12.4. The highest BCUT2D eigenvalue weighted by atomic mass is 35.5. The number of hydrogen-bond acceptors (Lipinski definition) is 4. The van der Waals surface area contributed by atoms with E-state index in [2.05, 4.69) is 6.07 Å². The SMILES string of the molecule is Cc1cc(C(=O)c2cc3c(s2)CCSC3)sc1Cl. The molecule has 5 heteroatoms. The zero-order valence-electron chi connectivity index (χ0n) is 9.79. The molecule has 0 aliphatic carbocycles. The molecule has 3 heterocycles. The minimum atomic E-state index is 0.124. The maximum Gasteiger partial charge on any atom is 0.212 e. The standard InChI is InChI=1S/C13H11ClOS3/c1-7-4-10(18-13(7)14)12(15)11-5-8-6-16-3-2-9(8)17-11/h4-5H,2-3,6H2,1H3. The fraction of sp³-hybridized carbons (Fsp3) is 0.308. The Bertz CT molecular complexity index is 569. The highest BCUT2D eigenvalue weighted by Gasteiger charge is 2.20. The first-order valence-electron chi connectivity index (χ1n) is 5.65. The lowest BCUT2D eigenvalue weighted by Crippen LogP contribution is -1.96. The van der Waals surface area contributed by atoms with Gasteiger partial charge in [-0.05, 0) is 42.4 Å². The van der Waals surface area contributed by atoms with E-state index in [0.29, 0.717) is 0 Å². The molecule has 0 radical (unpaired) electrons. The molecule has 0 aromatic carbocycles. The molecule has 1 nitrogen and oxygen atoms in total. The predicted octanol–water partition coefficient (Wildman–Crippen LogP) is 4.79. The first kappa shape index (κ1) is 12.7. The highest BCUT2D eigenvalue weighted by Crippen LogP contribution is 2.35. The van der Waals surface area contributed by atoms with E-state index in [1.807, 2.05) is 24.8 Å². The Morgan fingerprint density at radius 1 is 1.28 bits per heavy atom. The minimum Gasteiger partial charge on any atom is -0.287 e. The Morgan fingerprint density at radius 2 is 2.06 bits per heavy atom. The number of carbonyl (C=O) groups is 1. The van der Waals surface area contributed by atoms with Gasteiger partial charge in [0, 0.05) is 10.6 Å². The van der Waals surface area contributed by atoms with Crippen LogP contribution in [0.2, 0.25) is 4.34 Å². The van der Waals surface area contributed by atoms with E-state index in [0.717, 1.165) is 31.8 Å². The van der Waals surface area contributed by atoms with Crippen LogP contribution in [0.1, 0.15) is 30.6 Å². The Kier molecular flexibility index (Phi) is 3.54. The van der Waals surface area contributed by atoms with Crippen LogP contribution in [0.25, 0.3) is 0 Å². The zero-order valence-corrected chi connectivity index (χ0v) is 13.0. The van der Waals surface area contributed by atoms with Crippen molar-refractivity contribution in [2.45, 2.75) is 19.1 Å². The summed E-state index contributed by atoms with van der Waals surface area (Å²) in [5.74, 6) is 2.34. The second kappa shape index (κ2) is 5.00. The van der Waals surface area contributed by atoms with Gasteiger partial charge in [-0.15, -0.1) is 22.7 Å². The highest BCUT2D eigenvalue weighted by molar-refractivity contribution is 7.98. The molecule has 3 rings (SSSR count). The van der Waals surface area contributed by atoms with Crippen molar-refractivity contribution in [1.82, 2.24) is 0 Å². The van der Waals surface area contributed by atoms with Crippen LogP contribution in [0, 0.1) is 6.92 Å². The number of halogens is 1. The van der Waals surface area contributed by atoms with Gasteiger partial charge in [-0.25, -0.2) is 0 Å². The quantitative estimate of drug-likeness (QED) is 0.741. The molecule has 0 fully saturated rings. The Balaban J connectivity index is 1.94. The second-order valence-electron chi connectivity index (χ2n) is 4.26. The second-order valence-corrected chi connectivity index (χ2v) is 8.15. The van der Waals surface area contributed by atoms with E-state index in [1.165, 1.54) is 27.5 Å². The third kappa shape index (κ3) is 2.27. The summed E-state index contributed by atoms with van der Waals surface area (Å²) in [6.07, 6.45) is 1.10. The van der Waals surface area contributed by atoms with Gasteiger partial charge in [0.2, 0.25) is 5.78 Å². The van der Waals surface area contributed by atoms with E-state index in [1.54, 1.807) is 11.3 Å². The van der Waals surface area contributed by atoms with E-state index < -0.39 is 0 Å². The molecule has 18 heavy (non-hydrogen) atoms. The number of aryl methyl sites for hydroxylation is 2. The molecular formula is C13H11ClOS3. The van der Waals surface area contributed by atoms with Gasteiger partial charge in [0.25, 0.3) is 0 Å². The van der Waals surface area contributed by atoms with Gasteiger partial charge in [-0.1, -0.05) is 11.6 Å². The first-order valence-corrected chi connectivity index (χ1v) is 8.81. The lowest BCUT2D eigenvalue weighted by Gasteiger charge is -2.08. The van der Waals surface area contributed by atoms with Crippen LogP contribution in [-0.4, -0.2) is 11.5 Å². The first-order chi connectivity index (χ1) is 8.65. The zero-order chi connectivity index (χ0) is 12.7. The Hall–Kier alpha value is -0.290.